The van der Waals surface area contributed by atoms with E-state index in [1.165, 1.54) is 0 Å². The minimum absolute atomic E-state index is 0.0670. The number of hydrogen-bond donors (Lipinski definition) is 2. The van der Waals surface area contributed by atoms with E-state index in [2.05, 4.69) is 0 Å². The molecule has 2 N–H and O–H groups in total. The number of nitrogens with zero attached hydrogens (tertiary/aromatic N) is 1. The maximum atomic E-state index is 10.7. The Morgan fingerprint density at radius 3 is 2.71 bits per heavy atom. The SMILES string of the molecule is COc1ccccc1CN(CCO)CC(=O)O. The summed E-state index contributed by atoms with van der Waals surface area (Å²) in [6.45, 7) is 0.599. The van der Waals surface area contributed by atoms with Crippen LogP contribution in [0.25, 0.3) is 0 Å². The number of ether oxygens (including phenoxy) is 1. The van der Waals surface area contributed by atoms with Crippen LogP contribution in [0.5, 0.6) is 5.75 Å². The summed E-state index contributed by atoms with van der Waals surface area (Å²) in [5.74, 6) is -0.186. The van der Waals surface area contributed by atoms with Crippen LogP contribution < -0.4 is 4.74 Å². The van der Waals surface area contributed by atoms with Gasteiger partial charge in [0.2, 0.25) is 0 Å². The van der Waals surface area contributed by atoms with Crippen LogP contribution >= 0.6 is 0 Å². The Hall–Kier alpha value is -1.59. The van der Waals surface area contributed by atoms with Crippen LogP contribution in [-0.4, -0.2) is 47.9 Å². The Labute approximate surface area is 100 Å². The van der Waals surface area contributed by atoms with Crippen LogP contribution in [-0.2, 0) is 11.3 Å². The summed E-state index contributed by atoms with van der Waals surface area (Å²) < 4.78 is 5.19. The molecule has 5 nitrogen and oxygen atoms in total. The number of aliphatic hydroxyl groups excluding tert-OH is 1. The van der Waals surface area contributed by atoms with E-state index in [9.17, 15) is 4.79 Å². The summed E-state index contributed by atoms with van der Waals surface area (Å²) in [6, 6.07) is 7.43. The Morgan fingerprint density at radius 2 is 2.12 bits per heavy atom. The van der Waals surface area contributed by atoms with Crippen molar-refractivity contribution in [3.63, 3.8) is 0 Å². The molecule has 0 heterocycles. The highest BCUT2D eigenvalue weighted by Gasteiger charge is 2.12. The molecule has 0 spiro atoms. The lowest BCUT2D eigenvalue weighted by molar-refractivity contribution is -0.138. The molecule has 0 amide bonds. The molecule has 0 bridgehead atoms. The lowest BCUT2D eigenvalue weighted by atomic mass is 10.2. The number of benzene rings is 1. The second kappa shape index (κ2) is 6.88. The molecule has 0 fully saturated rings. The maximum absolute atomic E-state index is 10.7. The molecule has 0 aliphatic carbocycles. The third-order valence-electron chi connectivity index (χ3n) is 2.36. The van der Waals surface area contributed by atoms with E-state index in [-0.39, 0.29) is 13.2 Å². The van der Waals surface area contributed by atoms with Crippen molar-refractivity contribution >= 4 is 5.97 Å². The monoisotopic (exact) mass is 239 g/mol. The summed E-state index contributed by atoms with van der Waals surface area (Å²) in [7, 11) is 1.58. The summed E-state index contributed by atoms with van der Waals surface area (Å²) in [6.07, 6.45) is 0. The van der Waals surface area contributed by atoms with Crippen LogP contribution in [0.2, 0.25) is 0 Å². The summed E-state index contributed by atoms with van der Waals surface area (Å²) in [5.41, 5.74) is 0.907. The lowest BCUT2D eigenvalue weighted by Crippen LogP contribution is -2.31. The quantitative estimate of drug-likeness (QED) is 0.728. The molecule has 0 aliphatic heterocycles. The molecule has 0 atom stereocenters. The first kappa shape index (κ1) is 13.5. The van der Waals surface area contributed by atoms with E-state index in [0.717, 1.165) is 11.3 Å². The molecular weight excluding hydrogens is 222 g/mol. The second-order valence-corrected chi connectivity index (χ2v) is 3.64. The van der Waals surface area contributed by atoms with Crippen molar-refractivity contribution in [1.29, 1.82) is 0 Å². The van der Waals surface area contributed by atoms with Crippen molar-refractivity contribution in [3.05, 3.63) is 29.8 Å². The third kappa shape index (κ3) is 4.42. The highest BCUT2D eigenvalue weighted by molar-refractivity contribution is 5.69. The number of carboxylic acids is 1. The molecule has 0 radical (unpaired) electrons. The van der Waals surface area contributed by atoms with Crippen molar-refractivity contribution in [2.24, 2.45) is 0 Å². The minimum Gasteiger partial charge on any atom is -0.496 e. The Balaban J connectivity index is 2.74. The number of hydrogen-bond acceptors (Lipinski definition) is 4. The Bertz CT molecular complexity index is 367. The van der Waals surface area contributed by atoms with Gasteiger partial charge in [-0.1, -0.05) is 18.2 Å². The van der Waals surface area contributed by atoms with Crippen LogP contribution in [0, 0.1) is 0 Å². The van der Waals surface area contributed by atoms with Gasteiger partial charge >= 0.3 is 5.97 Å². The van der Waals surface area contributed by atoms with Crippen LogP contribution in [0.4, 0.5) is 0 Å². The fraction of sp³-hybridized carbons (Fsp3) is 0.417. The normalized spacial score (nSPS) is 10.5. The molecule has 1 rings (SSSR count). The molecule has 1 aromatic rings. The smallest absolute Gasteiger partial charge is 0.317 e. The van der Waals surface area contributed by atoms with E-state index < -0.39 is 5.97 Å². The minimum atomic E-state index is -0.909. The zero-order valence-corrected chi connectivity index (χ0v) is 9.80. The molecule has 0 aliphatic rings. The van der Waals surface area contributed by atoms with Gasteiger partial charge in [0, 0.05) is 18.7 Å². The molecule has 94 valence electrons. The Kier molecular flexibility index (Phi) is 5.45. The molecule has 17 heavy (non-hydrogen) atoms. The standard InChI is InChI=1S/C12H17NO4/c1-17-11-5-3-2-4-10(11)8-13(6-7-14)9-12(15)16/h2-5,14H,6-9H2,1H3,(H,15,16). The van der Waals surface area contributed by atoms with Crippen LogP contribution in [0.3, 0.4) is 0 Å². The molecule has 0 saturated carbocycles. The van der Waals surface area contributed by atoms with E-state index in [0.29, 0.717) is 13.1 Å². The summed E-state index contributed by atoms with van der Waals surface area (Å²) in [5, 5.41) is 17.6. The summed E-state index contributed by atoms with van der Waals surface area (Å²) >= 11 is 0. The first-order chi connectivity index (χ1) is 8.17. The van der Waals surface area contributed by atoms with Gasteiger partial charge in [0.25, 0.3) is 0 Å². The predicted molar refractivity (Wildman–Crippen MR) is 63.0 cm³/mol. The van der Waals surface area contributed by atoms with E-state index in [1.807, 2.05) is 24.3 Å². The topological polar surface area (TPSA) is 70.0 Å². The van der Waals surface area contributed by atoms with Crippen molar-refractivity contribution in [3.8, 4) is 5.75 Å². The first-order valence-corrected chi connectivity index (χ1v) is 5.34. The van der Waals surface area contributed by atoms with Gasteiger partial charge in [-0.05, 0) is 6.07 Å². The molecule has 1 aromatic carbocycles. The summed E-state index contributed by atoms with van der Waals surface area (Å²) in [4.78, 5) is 12.3. The predicted octanol–water partition coefficient (Wildman–Crippen LogP) is 0.574. The number of aliphatic carboxylic acids is 1. The van der Waals surface area contributed by atoms with Gasteiger partial charge < -0.3 is 14.9 Å². The average Bonchev–Trinajstić information content (AvgIpc) is 2.29. The fourth-order valence-corrected chi connectivity index (χ4v) is 1.62. The van der Waals surface area contributed by atoms with Crippen molar-refractivity contribution < 1.29 is 19.7 Å². The third-order valence-corrected chi connectivity index (χ3v) is 2.36. The zero-order chi connectivity index (χ0) is 12.7. The highest BCUT2D eigenvalue weighted by atomic mass is 16.5. The fourth-order valence-electron chi connectivity index (χ4n) is 1.62. The zero-order valence-electron chi connectivity index (χ0n) is 9.80. The van der Waals surface area contributed by atoms with Gasteiger partial charge in [0.15, 0.2) is 0 Å². The number of rotatable bonds is 7. The van der Waals surface area contributed by atoms with Gasteiger partial charge in [-0.3, -0.25) is 9.69 Å². The van der Waals surface area contributed by atoms with Crippen molar-refractivity contribution in [2.75, 3.05) is 26.8 Å². The van der Waals surface area contributed by atoms with Gasteiger partial charge in [-0.25, -0.2) is 0 Å². The number of carbonyl (C=O) groups is 1. The Morgan fingerprint density at radius 1 is 1.41 bits per heavy atom. The number of carboxylic acid groups (broad SMARTS) is 1. The lowest BCUT2D eigenvalue weighted by Gasteiger charge is -2.20. The van der Waals surface area contributed by atoms with Crippen LogP contribution in [0.15, 0.2) is 24.3 Å². The van der Waals surface area contributed by atoms with Gasteiger partial charge in [-0.15, -0.1) is 0 Å². The second-order valence-electron chi connectivity index (χ2n) is 3.64. The molecule has 0 aromatic heterocycles. The van der Waals surface area contributed by atoms with Crippen molar-refractivity contribution in [1.82, 2.24) is 4.90 Å². The maximum Gasteiger partial charge on any atom is 0.317 e. The van der Waals surface area contributed by atoms with E-state index >= 15 is 0 Å². The average molecular weight is 239 g/mol. The highest BCUT2D eigenvalue weighted by Crippen LogP contribution is 2.18. The number of methoxy groups -OCH3 is 1. The van der Waals surface area contributed by atoms with E-state index in [1.54, 1.807) is 12.0 Å². The van der Waals surface area contributed by atoms with E-state index in [4.69, 9.17) is 14.9 Å². The van der Waals surface area contributed by atoms with Gasteiger partial charge in [0.1, 0.15) is 5.75 Å². The first-order valence-electron chi connectivity index (χ1n) is 5.34. The van der Waals surface area contributed by atoms with Gasteiger partial charge in [0.05, 0.1) is 20.3 Å². The molecule has 0 unspecified atom stereocenters. The number of aliphatic hydroxyl groups is 1. The van der Waals surface area contributed by atoms with Gasteiger partial charge in [-0.2, -0.15) is 0 Å². The molecule has 0 saturated heterocycles. The van der Waals surface area contributed by atoms with Crippen molar-refractivity contribution in [2.45, 2.75) is 6.54 Å². The van der Waals surface area contributed by atoms with Crippen LogP contribution in [0.1, 0.15) is 5.56 Å². The largest absolute Gasteiger partial charge is 0.496 e. The molecular formula is C12H17NO4. The molecule has 5 heteroatoms. The number of para-hydroxylation sites is 1.